The van der Waals surface area contributed by atoms with E-state index in [1.807, 2.05) is 6.92 Å². The summed E-state index contributed by atoms with van der Waals surface area (Å²) in [5, 5.41) is 3.04. The maximum atomic E-state index is 12.0. The third-order valence-corrected chi connectivity index (χ3v) is 3.29. The zero-order valence-corrected chi connectivity index (χ0v) is 15.4. The molecule has 0 aromatic heterocycles. The Morgan fingerprint density at radius 2 is 1.76 bits per heavy atom. The lowest BCUT2D eigenvalue weighted by atomic mass is 9.90. The first-order valence-electron chi connectivity index (χ1n) is 7.81. The minimum Gasteiger partial charge on any atom is -0.378 e. The Morgan fingerprint density at radius 1 is 1.19 bits per heavy atom. The molecule has 0 spiro atoms. The average Bonchev–Trinajstić information content (AvgIpc) is 2.26. The molecular formula is C16H35ClN2O2. The van der Waals surface area contributed by atoms with Gasteiger partial charge in [0.05, 0.1) is 12.7 Å². The van der Waals surface area contributed by atoms with E-state index in [0.29, 0.717) is 31.4 Å². The minimum absolute atomic E-state index is 0. The van der Waals surface area contributed by atoms with Gasteiger partial charge in [-0.25, -0.2) is 0 Å². The molecule has 0 bridgehead atoms. The molecule has 4 nitrogen and oxygen atoms in total. The molecule has 0 aliphatic rings. The smallest absolute Gasteiger partial charge is 0.222 e. The van der Waals surface area contributed by atoms with Crippen LogP contribution in [0.2, 0.25) is 0 Å². The fourth-order valence-electron chi connectivity index (χ4n) is 2.57. The molecule has 0 aliphatic carbocycles. The van der Waals surface area contributed by atoms with E-state index in [-0.39, 0.29) is 30.0 Å². The summed E-state index contributed by atoms with van der Waals surface area (Å²) in [6.45, 7) is 13.6. The van der Waals surface area contributed by atoms with Crippen molar-refractivity contribution in [2.75, 3.05) is 13.2 Å². The van der Waals surface area contributed by atoms with Crippen LogP contribution in [-0.2, 0) is 9.53 Å². The van der Waals surface area contributed by atoms with Gasteiger partial charge in [-0.1, -0.05) is 27.7 Å². The van der Waals surface area contributed by atoms with E-state index in [2.05, 4.69) is 39.9 Å². The largest absolute Gasteiger partial charge is 0.378 e. The highest BCUT2D eigenvalue weighted by atomic mass is 35.5. The molecular weight excluding hydrogens is 288 g/mol. The van der Waals surface area contributed by atoms with Gasteiger partial charge < -0.3 is 15.8 Å². The van der Waals surface area contributed by atoms with Crippen molar-refractivity contribution in [2.24, 2.45) is 17.6 Å². The normalized spacial score (nSPS) is 15.5. The molecule has 0 rings (SSSR count). The van der Waals surface area contributed by atoms with Gasteiger partial charge in [-0.15, -0.1) is 12.4 Å². The number of halogens is 1. The summed E-state index contributed by atoms with van der Waals surface area (Å²) in [5.41, 5.74) is 5.48. The summed E-state index contributed by atoms with van der Waals surface area (Å²) in [6, 6.07) is 0. The van der Waals surface area contributed by atoms with Crippen LogP contribution in [0.1, 0.15) is 60.8 Å². The summed E-state index contributed by atoms with van der Waals surface area (Å²) < 4.78 is 5.66. The van der Waals surface area contributed by atoms with Crippen LogP contribution in [0.4, 0.5) is 0 Å². The zero-order chi connectivity index (χ0) is 15.8. The van der Waals surface area contributed by atoms with E-state index in [4.69, 9.17) is 10.5 Å². The summed E-state index contributed by atoms with van der Waals surface area (Å²) in [5.74, 6) is 1.15. The van der Waals surface area contributed by atoms with Crippen LogP contribution in [0.3, 0.4) is 0 Å². The van der Waals surface area contributed by atoms with E-state index in [1.54, 1.807) is 0 Å². The van der Waals surface area contributed by atoms with Crippen molar-refractivity contribution in [1.29, 1.82) is 0 Å². The quantitative estimate of drug-likeness (QED) is 0.649. The van der Waals surface area contributed by atoms with Gasteiger partial charge in [0.15, 0.2) is 0 Å². The van der Waals surface area contributed by atoms with Gasteiger partial charge in [0, 0.05) is 18.5 Å². The number of carbonyl (C=O) groups excluding carboxylic acids is 1. The molecule has 0 aromatic carbocycles. The second-order valence-electron chi connectivity index (χ2n) is 6.97. The van der Waals surface area contributed by atoms with E-state index in [0.717, 1.165) is 12.8 Å². The lowest BCUT2D eigenvalue weighted by Gasteiger charge is -2.31. The molecule has 2 unspecified atom stereocenters. The van der Waals surface area contributed by atoms with Crippen molar-refractivity contribution in [3.05, 3.63) is 0 Å². The molecule has 0 fully saturated rings. The van der Waals surface area contributed by atoms with Crippen molar-refractivity contribution in [3.8, 4) is 0 Å². The molecule has 2 atom stereocenters. The average molecular weight is 323 g/mol. The topological polar surface area (TPSA) is 64.3 Å². The monoisotopic (exact) mass is 322 g/mol. The van der Waals surface area contributed by atoms with Crippen molar-refractivity contribution in [2.45, 2.75) is 72.4 Å². The number of amides is 1. The highest BCUT2D eigenvalue weighted by Gasteiger charge is 2.25. The third kappa shape index (κ3) is 12.0. The molecule has 0 radical (unpaired) electrons. The standard InChI is InChI=1S/C16H34N2O2.ClH/c1-12(2)9-14(5)20-8-7-15(19)18-16(6,11-17)10-13(3)4;/h12-14H,7-11,17H2,1-6H3,(H,18,19);1H. The number of nitrogens with one attached hydrogen (secondary N) is 1. The van der Waals surface area contributed by atoms with E-state index < -0.39 is 0 Å². The molecule has 5 heteroatoms. The third-order valence-electron chi connectivity index (χ3n) is 3.29. The molecule has 0 saturated heterocycles. The maximum Gasteiger partial charge on any atom is 0.222 e. The minimum atomic E-state index is -0.311. The highest BCUT2D eigenvalue weighted by molar-refractivity contribution is 5.85. The molecule has 0 aromatic rings. The number of ether oxygens (including phenoxy) is 1. The fourth-order valence-corrected chi connectivity index (χ4v) is 2.57. The van der Waals surface area contributed by atoms with Crippen molar-refractivity contribution >= 4 is 18.3 Å². The molecule has 128 valence electrons. The fraction of sp³-hybridized carbons (Fsp3) is 0.938. The highest BCUT2D eigenvalue weighted by Crippen LogP contribution is 2.15. The number of rotatable bonds is 10. The first-order chi connectivity index (χ1) is 9.18. The number of carbonyl (C=O) groups is 1. The summed E-state index contributed by atoms with van der Waals surface area (Å²) in [7, 11) is 0. The molecule has 0 aliphatic heterocycles. The van der Waals surface area contributed by atoms with Crippen LogP contribution in [-0.4, -0.2) is 30.7 Å². The van der Waals surface area contributed by atoms with E-state index in [1.165, 1.54) is 0 Å². The second-order valence-corrected chi connectivity index (χ2v) is 6.97. The predicted molar refractivity (Wildman–Crippen MR) is 91.8 cm³/mol. The number of nitrogens with two attached hydrogens (primary N) is 1. The van der Waals surface area contributed by atoms with Crippen LogP contribution >= 0.6 is 12.4 Å². The van der Waals surface area contributed by atoms with Crippen LogP contribution in [0, 0.1) is 11.8 Å². The number of hydrogen-bond acceptors (Lipinski definition) is 3. The Hall–Kier alpha value is -0.320. The van der Waals surface area contributed by atoms with Gasteiger partial charge in [-0.3, -0.25) is 4.79 Å². The first kappa shape index (κ1) is 23.0. The molecule has 1 amide bonds. The van der Waals surface area contributed by atoms with Crippen molar-refractivity contribution < 1.29 is 9.53 Å². The van der Waals surface area contributed by atoms with Crippen LogP contribution in [0.15, 0.2) is 0 Å². The van der Waals surface area contributed by atoms with Gasteiger partial charge in [0.2, 0.25) is 5.91 Å². The second kappa shape index (κ2) is 11.3. The van der Waals surface area contributed by atoms with Gasteiger partial charge in [0.1, 0.15) is 0 Å². The van der Waals surface area contributed by atoms with Crippen LogP contribution < -0.4 is 11.1 Å². The Balaban J connectivity index is 0. The molecule has 0 heterocycles. The number of hydrogen-bond donors (Lipinski definition) is 2. The predicted octanol–water partition coefficient (Wildman–Crippen LogP) is 3.13. The van der Waals surface area contributed by atoms with Gasteiger partial charge in [0.25, 0.3) is 0 Å². The Morgan fingerprint density at radius 3 is 2.19 bits per heavy atom. The van der Waals surface area contributed by atoms with Crippen LogP contribution in [0.25, 0.3) is 0 Å². The van der Waals surface area contributed by atoms with Gasteiger partial charge in [-0.05, 0) is 38.5 Å². The van der Waals surface area contributed by atoms with Crippen molar-refractivity contribution in [3.63, 3.8) is 0 Å². The van der Waals surface area contributed by atoms with Gasteiger partial charge in [-0.2, -0.15) is 0 Å². The molecule has 3 N–H and O–H groups in total. The lowest BCUT2D eigenvalue weighted by Crippen LogP contribution is -2.52. The summed E-state index contributed by atoms with van der Waals surface area (Å²) in [6.07, 6.45) is 2.52. The summed E-state index contributed by atoms with van der Waals surface area (Å²) in [4.78, 5) is 12.0. The molecule has 0 saturated carbocycles. The molecule has 21 heavy (non-hydrogen) atoms. The zero-order valence-electron chi connectivity index (χ0n) is 14.6. The van der Waals surface area contributed by atoms with Crippen LogP contribution in [0.5, 0.6) is 0 Å². The lowest BCUT2D eigenvalue weighted by molar-refractivity contribution is -0.124. The Labute approximate surface area is 137 Å². The SMILES string of the molecule is CC(C)CC(C)OCCC(=O)NC(C)(CN)CC(C)C.Cl. The van der Waals surface area contributed by atoms with Gasteiger partial charge >= 0.3 is 0 Å². The van der Waals surface area contributed by atoms with Crippen molar-refractivity contribution in [1.82, 2.24) is 5.32 Å². The Bertz CT molecular complexity index is 285. The van der Waals surface area contributed by atoms with E-state index >= 15 is 0 Å². The Kier molecular flexibility index (Phi) is 12.3. The maximum absolute atomic E-state index is 12.0. The first-order valence-corrected chi connectivity index (χ1v) is 7.81. The summed E-state index contributed by atoms with van der Waals surface area (Å²) >= 11 is 0. The van der Waals surface area contributed by atoms with E-state index in [9.17, 15) is 4.79 Å².